The number of aromatic nitrogens is 1. The van der Waals surface area contributed by atoms with Gasteiger partial charge in [0.25, 0.3) is 0 Å². The van der Waals surface area contributed by atoms with Gasteiger partial charge in [0.05, 0.1) is 11.1 Å². The summed E-state index contributed by atoms with van der Waals surface area (Å²) in [4.78, 5) is 7.32. The molecule has 0 unspecified atom stereocenters. The van der Waals surface area contributed by atoms with Gasteiger partial charge in [-0.2, -0.15) is 0 Å². The zero-order valence-corrected chi connectivity index (χ0v) is 28.7. The third-order valence-electron chi connectivity index (χ3n) is 9.93. The second-order valence-electron chi connectivity index (χ2n) is 13.1. The van der Waals surface area contributed by atoms with Gasteiger partial charge >= 0.3 is 0 Å². The average molecular weight is 681 g/mol. The fraction of sp³-hybridized carbons (Fsp3) is 0. The van der Waals surface area contributed by atoms with Gasteiger partial charge in [-0.3, -0.25) is 0 Å². The van der Waals surface area contributed by atoms with Crippen molar-refractivity contribution in [3.05, 3.63) is 194 Å². The Balaban J connectivity index is 1.11. The largest absolute Gasteiger partial charge is 0.456 e. The molecule has 2 heterocycles. The van der Waals surface area contributed by atoms with Crippen molar-refractivity contribution in [2.24, 2.45) is 0 Å². The van der Waals surface area contributed by atoms with Crippen molar-refractivity contribution in [2.75, 3.05) is 4.90 Å². The maximum Gasteiger partial charge on any atom is 0.227 e. The van der Waals surface area contributed by atoms with E-state index in [9.17, 15) is 0 Å². The van der Waals surface area contributed by atoms with E-state index in [1.54, 1.807) is 0 Å². The molecule has 0 bridgehead atoms. The quantitative estimate of drug-likeness (QED) is 0.168. The smallest absolute Gasteiger partial charge is 0.227 e. The Morgan fingerprint density at radius 1 is 0.396 bits per heavy atom. The Bertz CT molecular complexity index is 2870. The number of nitrogens with zero attached hydrogens (tertiary/aromatic N) is 2. The molecule has 0 aliphatic carbocycles. The second-order valence-corrected chi connectivity index (χ2v) is 13.1. The molecule has 8 aromatic carbocycles. The molecule has 0 N–H and O–H groups in total. The molecule has 0 aliphatic heterocycles. The van der Waals surface area contributed by atoms with Crippen LogP contribution in [0.2, 0.25) is 0 Å². The lowest BCUT2D eigenvalue weighted by molar-refractivity contribution is 0.622. The van der Waals surface area contributed by atoms with Crippen LogP contribution in [0, 0.1) is 0 Å². The maximum atomic E-state index is 6.61. The van der Waals surface area contributed by atoms with Crippen LogP contribution in [-0.4, -0.2) is 4.98 Å². The van der Waals surface area contributed by atoms with Crippen molar-refractivity contribution in [3.63, 3.8) is 0 Å². The fourth-order valence-corrected chi connectivity index (χ4v) is 7.43. The zero-order chi connectivity index (χ0) is 35.1. The monoisotopic (exact) mass is 680 g/mol. The van der Waals surface area contributed by atoms with Gasteiger partial charge in [0.1, 0.15) is 16.7 Å². The van der Waals surface area contributed by atoms with Crippen LogP contribution in [0.5, 0.6) is 0 Å². The third kappa shape index (κ3) is 5.45. The molecule has 0 atom stereocenters. The zero-order valence-electron chi connectivity index (χ0n) is 28.7. The molecule has 10 rings (SSSR count). The normalized spacial score (nSPS) is 11.4. The van der Waals surface area contributed by atoms with Crippen molar-refractivity contribution in [3.8, 4) is 44.8 Å². The Kier molecular flexibility index (Phi) is 7.43. The molecular formula is C49H32N2O2. The first-order valence-corrected chi connectivity index (χ1v) is 17.8. The van der Waals surface area contributed by atoms with Crippen LogP contribution in [0.25, 0.3) is 77.9 Å². The molecule has 0 spiro atoms. The van der Waals surface area contributed by atoms with Crippen molar-refractivity contribution in [1.29, 1.82) is 0 Å². The van der Waals surface area contributed by atoms with E-state index in [1.165, 1.54) is 16.7 Å². The molecule has 4 heteroatoms. The first-order chi connectivity index (χ1) is 26.3. The van der Waals surface area contributed by atoms with E-state index >= 15 is 0 Å². The second kappa shape index (κ2) is 12.9. The number of furan rings is 1. The van der Waals surface area contributed by atoms with Crippen molar-refractivity contribution in [1.82, 2.24) is 4.98 Å². The molecule has 0 aliphatic rings. The summed E-state index contributed by atoms with van der Waals surface area (Å²) in [5.41, 5.74) is 14.1. The first-order valence-electron chi connectivity index (χ1n) is 17.8. The molecule has 0 radical (unpaired) electrons. The van der Waals surface area contributed by atoms with Gasteiger partial charge in [-0.05, 0) is 88.5 Å². The van der Waals surface area contributed by atoms with Gasteiger partial charge < -0.3 is 13.7 Å². The van der Waals surface area contributed by atoms with Crippen LogP contribution in [0.1, 0.15) is 0 Å². The lowest BCUT2D eigenvalue weighted by Gasteiger charge is -2.28. The standard InChI is InChI=1S/C49H32N2O2/c1-4-14-33(15-5-1)39-20-10-11-21-40(39)35-24-27-38(28-25-35)51(37-18-8-3-9-19-37)44-30-26-36(32-42(44)34-16-6-2-7-17-34)49-50-43-29-31-46-47(48(43)53-49)41-22-12-13-23-45(41)52-46/h1-32H. The minimum absolute atomic E-state index is 0.564. The Hall–Kier alpha value is -7.17. The van der Waals surface area contributed by atoms with Crippen LogP contribution in [-0.2, 0) is 0 Å². The Morgan fingerprint density at radius 2 is 0.962 bits per heavy atom. The van der Waals surface area contributed by atoms with Crippen LogP contribution in [0.15, 0.2) is 203 Å². The van der Waals surface area contributed by atoms with Gasteiger partial charge in [0.2, 0.25) is 5.89 Å². The minimum Gasteiger partial charge on any atom is -0.456 e. The summed E-state index contributed by atoms with van der Waals surface area (Å²) in [6, 6.07) is 67.6. The highest BCUT2D eigenvalue weighted by Crippen LogP contribution is 2.44. The van der Waals surface area contributed by atoms with Gasteiger partial charge in [0, 0.05) is 27.9 Å². The minimum atomic E-state index is 0.564. The average Bonchev–Trinajstić information content (AvgIpc) is 3.84. The predicted molar refractivity (Wildman–Crippen MR) is 218 cm³/mol. The number of oxazole rings is 1. The van der Waals surface area contributed by atoms with E-state index in [0.717, 1.165) is 72.4 Å². The molecule has 0 saturated heterocycles. The highest BCUT2D eigenvalue weighted by atomic mass is 16.4. The Labute approximate surface area is 306 Å². The number of hydrogen-bond donors (Lipinski definition) is 0. The van der Waals surface area contributed by atoms with Gasteiger partial charge in [-0.15, -0.1) is 0 Å². The van der Waals surface area contributed by atoms with Crippen molar-refractivity contribution in [2.45, 2.75) is 0 Å². The third-order valence-corrected chi connectivity index (χ3v) is 9.93. The summed E-state index contributed by atoms with van der Waals surface area (Å²) in [5, 5.41) is 1.96. The van der Waals surface area contributed by atoms with E-state index in [0.29, 0.717) is 5.89 Å². The number of benzene rings is 8. The fourth-order valence-electron chi connectivity index (χ4n) is 7.43. The molecule has 0 fully saturated rings. The molecule has 53 heavy (non-hydrogen) atoms. The highest BCUT2D eigenvalue weighted by Gasteiger charge is 2.21. The Morgan fingerprint density at radius 3 is 1.68 bits per heavy atom. The van der Waals surface area contributed by atoms with Crippen LogP contribution in [0.4, 0.5) is 17.1 Å². The summed E-state index contributed by atoms with van der Waals surface area (Å²) < 4.78 is 12.8. The summed E-state index contributed by atoms with van der Waals surface area (Å²) in [6.45, 7) is 0. The molecule has 250 valence electrons. The van der Waals surface area contributed by atoms with Crippen LogP contribution < -0.4 is 4.90 Å². The summed E-state index contributed by atoms with van der Waals surface area (Å²) in [5.74, 6) is 0.564. The van der Waals surface area contributed by atoms with Crippen LogP contribution >= 0.6 is 0 Å². The highest BCUT2D eigenvalue weighted by molar-refractivity contribution is 6.16. The van der Waals surface area contributed by atoms with E-state index in [4.69, 9.17) is 13.8 Å². The summed E-state index contributed by atoms with van der Waals surface area (Å²) in [7, 11) is 0. The van der Waals surface area contributed by atoms with Crippen molar-refractivity contribution >= 4 is 50.1 Å². The number of anilines is 3. The van der Waals surface area contributed by atoms with Gasteiger partial charge in [0.15, 0.2) is 5.58 Å². The SMILES string of the molecule is c1ccc(-c2ccccc2-c2ccc(N(c3ccccc3)c3ccc(-c4nc5ccc6oc7ccccc7c6c5o4)cc3-c3ccccc3)cc2)cc1. The van der Waals surface area contributed by atoms with Crippen LogP contribution in [0.3, 0.4) is 0 Å². The molecule has 0 amide bonds. The maximum absolute atomic E-state index is 6.61. The lowest BCUT2D eigenvalue weighted by Crippen LogP contribution is -2.11. The summed E-state index contributed by atoms with van der Waals surface area (Å²) >= 11 is 0. The van der Waals surface area contributed by atoms with Gasteiger partial charge in [-0.1, -0.05) is 133 Å². The van der Waals surface area contributed by atoms with E-state index in [1.807, 2.05) is 30.3 Å². The van der Waals surface area contributed by atoms with E-state index in [2.05, 4.69) is 169 Å². The van der Waals surface area contributed by atoms with Crippen molar-refractivity contribution < 1.29 is 8.83 Å². The number of hydrogen-bond acceptors (Lipinski definition) is 4. The lowest BCUT2D eigenvalue weighted by atomic mass is 9.94. The molecule has 4 nitrogen and oxygen atoms in total. The summed E-state index contributed by atoms with van der Waals surface area (Å²) in [6.07, 6.45) is 0. The van der Waals surface area contributed by atoms with E-state index in [-0.39, 0.29) is 0 Å². The number of rotatable bonds is 7. The predicted octanol–water partition coefficient (Wildman–Crippen LogP) is 13.9. The molecule has 2 aromatic heterocycles. The molecular weight excluding hydrogens is 649 g/mol. The number of fused-ring (bicyclic) bond motifs is 5. The van der Waals surface area contributed by atoms with E-state index < -0.39 is 0 Å². The first kappa shape index (κ1) is 30.6. The van der Waals surface area contributed by atoms with Gasteiger partial charge in [-0.25, -0.2) is 4.98 Å². The topological polar surface area (TPSA) is 42.4 Å². The molecule has 10 aromatic rings. The molecule has 0 saturated carbocycles. The number of para-hydroxylation sites is 2.